The number of hydrogen-bond donors (Lipinski definition) is 1. The summed E-state index contributed by atoms with van der Waals surface area (Å²) < 4.78 is 32.9. The average Bonchev–Trinajstić information content (AvgIpc) is 3.47. The van der Waals surface area contributed by atoms with Crippen LogP contribution in [0.3, 0.4) is 0 Å². The van der Waals surface area contributed by atoms with Crippen molar-refractivity contribution in [3.05, 3.63) is 35.5 Å². The number of nitrogens with zero attached hydrogens (tertiary/aromatic N) is 5. The molecule has 1 saturated carbocycles. The van der Waals surface area contributed by atoms with Crippen molar-refractivity contribution in [2.24, 2.45) is 0 Å². The molecule has 0 atom stereocenters. The molecule has 0 unspecified atom stereocenters. The van der Waals surface area contributed by atoms with Crippen molar-refractivity contribution in [2.45, 2.75) is 38.5 Å². The standard InChI is InChI=1S/C17H18F2N6.C2H4O2/c1-9-6-14(23-16(22-9)17(2,18)19)25-12-7-13(20-3)21-8-11(12)15(24-25)10-4-5-10;1-4-2-3/h6-8,10H,4-5H2,1-3H3,(H,20,21);2H,1H3. The summed E-state index contributed by atoms with van der Waals surface area (Å²) in [5.74, 6) is -2.18. The molecule has 0 amide bonds. The molecule has 4 rings (SSSR count). The summed E-state index contributed by atoms with van der Waals surface area (Å²) in [4.78, 5) is 21.3. The lowest BCUT2D eigenvalue weighted by Gasteiger charge is -2.11. The van der Waals surface area contributed by atoms with Crippen LogP contribution in [-0.4, -0.2) is 45.4 Å². The van der Waals surface area contributed by atoms with Crippen LogP contribution in [0.5, 0.6) is 0 Å². The number of ether oxygens (including phenoxy) is 1. The average molecular weight is 404 g/mol. The third kappa shape index (κ3) is 4.47. The quantitative estimate of drug-likeness (QED) is 0.652. The van der Waals surface area contributed by atoms with Crippen molar-refractivity contribution in [1.29, 1.82) is 0 Å². The third-order valence-corrected chi connectivity index (χ3v) is 4.36. The summed E-state index contributed by atoms with van der Waals surface area (Å²) >= 11 is 0. The summed E-state index contributed by atoms with van der Waals surface area (Å²) in [7, 11) is 3.09. The SMILES string of the molecule is CNc1cc2c(cn1)c(C1CC1)nn2-c1cc(C)nc(C(C)(F)F)n1.COC=O. The van der Waals surface area contributed by atoms with E-state index in [4.69, 9.17) is 4.79 Å². The summed E-state index contributed by atoms with van der Waals surface area (Å²) in [6, 6.07) is 3.52. The fourth-order valence-electron chi connectivity index (χ4n) is 2.86. The molecule has 0 radical (unpaired) electrons. The highest BCUT2D eigenvalue weighted by Crippen LogP contribution is 2.43. The molecule has 10 heteroatoms. The van der Waals surface area contributed by atoms with Crippen LogP contribution in [0.25, 0.3) is 16.7 Å². The number of fused-ring (bicyclic) bond motifs is 1. The molecule has 0 aromatic carbocycles. The van der Waals surface area contributed by atoms with Gasteiger partial charge in [-0.25, -0.2) is 19.6 Å². The first-order chi connectivity index (χ1) is 13.8. The Bertz CT molecular complexity index is 1030. The van der Waals surface area contributed by atoms with Gasteiger partial charge in [0.1, 0.15) is 5.82 Å². The Hall–Kier alpha value is -3.17. The van der Waals surface area contributed by atoms with Gasteiger partial charge in [0.15, 0.2) is 5.82 Å². The number of carbonyl (C=O) groups excluding carboxylic acids is 1. The number of nitrogens with one attached hydrogen (secondary N) is 1. The molecule has 3 aromatic heterocycles. The van der Waals surface area contributed by atoms with Crippen molar-refractivity contribution in [1.82, 2.24) is 24.7 Å². The van der Waals surface area contributed by atoms with Crippen molar-refractivity contribution in [3.8, 4) is 5.82 Å². The lowest BCUT2D eigenvalue weighted by Crippen LogP contribution is -2.15. The van der Waals surface area contributed by atoms with Gasteiger partial charge in [0.05, 0.1) is 18.3 Å². The molecule has 1 aliphatic carbocycles. The van der Waals surface area contributed by atoms with E-state index in [1.54, 1.807) is 30.9 Å². The van der Waals surface area contributed by atoms with Gasteiger partial charge in [-0.3, -0.25) is 4.79 Å². The molecule has 3 heterocycles. The molecule has 0 bridgehead atoms. The van der Waals surface area contributed by atoms with Crippen LogP contribution in [-0.2, 0) is 15.5 Å². The minimum Gasteiger partial charge on any atom is -0.471 e. The topological polar surface area (TPSA) is 94.8 Å². The monoisotopic (exact) mass is 404 g/mol. The molecule has 0 aliphatic heterocycles. The zero-order chi connectivity index (χ0) is 21.2. The van der Waals surface area contributed by atoms with E-state index in [-0.39, 0.29) is 0 Å². The van der Waals surface area contributed by atoms with Gasteiger partial charge in [0.2, 0.25) is 5.82 Å². The Kier molecular flexibility index (Phi) is 5.71. The number of pyridine rings is 1. The highest BCUT2D eigenvalue weighted by Gasteiger charge is 2.31. The molecule has 8 nitrogen and oxygen atoms in total. The van der Waals surface area contributed by atoms with Gasteiger partial charge in [0.25, 0.3) is 6.47 Å². The van der Waals surface area contributed by atoms with Crippen LogP contribution >= 0.6 is 0 Å². The molecule has 1 N–H and O–H groups in total. The zero-order valence-electron chi connectivity index (χ0n) is 16.6. The Balaban J connectivity index is 0.000000552. The van der Waals surface area contributed by atoms with Gasteiger partial charge in [-0.05, 0) is 19.8 Å². The van der Waals surface area contributed by atoms with E-state index in [1.165, 1.54) is 7.11 Å². The molecule has 0 saturated heterocycles. The molecular weight excluding hydrogens is 382 g/mol. The first kappa shape index (κ1) is 20.6. The lowest BCUT2D eigenvalue weighted by atomic mass is 10.2. The molecule has 3 aromatic rings. The van der Waals surface area contributed by atoms with Crippen LogP contribution in [0.1, 0.15) is 42.9 Å². The molecule has 154 valence electrons. The second-order valence-corrected chi connectivity index (χ2v) is 6.82. The number of halogens is 2. The predicted octanol–water partition coefficient (Wildman–Crippen LogP) is 3.34. The van der Waals surface area contributed by atoms with Crippen LogP contribution in [0.15, 0.2) is 18.3 Å². The highest BCUT2D eigenvalue weighted by atomic mass is 19.3. The summed E-state index contributed by atoms with van der Waals surface area (Å²) in [5, 5.41) is 8.60. The number of anilines is 1. The van der Waals surface area contributed by atoms with E-state index >= 15 is 0 Å². The van der Waals surface area contributed by atoms with Gasteiger partial charge in [-0.1, -0.05) is 0 Å². The number of methoxy groups -OCH3 is 1. The van der Waals surface area contributed by atoms with E-state index < -0.39 is 11.7 Å². The van der Waals surface area contributed by atoms with Crippen molar-refractivity contribution >= 4 is 23.2 Å². The minimum absolute atomic E-state index is 0.342. The second-order valence-electron chi connectivity index (χ2n) is 6.82. The fourth-order valence-corrected chi connectivity index (χ4v) is 2.86. The smallest absolute Gasteiger partial charge is 0.303 e. The predicted molar refractivity (Wildman–Crippen MR) is 103 cm³/mol. The number of aromatic nitrogens is 5. The number of hydrogen-bond acceptors (Lipinski definition) is 7. The maximum Gasteiger partial charge on any atom is 0.303 e. The number of rotatable bonds is 5. The third-order valence-electron chi connectivity index (χ3n) is 4.36. The van der Waals surface area contributed by atoms with Gasteiger partial charge in [0, 0.05) is 49.3 Å². The van der Waals surface area contributed by atoms with E-state index in [0.717, 1.165) is 36.4 Å². The Morgan fingerprint density at radius 2 is 2.00 bits per heavy atom. The lowest BCUT2D eigenvalue weighted by molar-refractivity contribution is -0.126. The zero-order valence-corrected chi connectivity index (χ0v) is 16.6. The van der Waals surface area contributed by atoms with E-state index in [1.807, 2.05) is 6.07 Å². The Labute approximate surface area is 166 Å². The van der Waals surface area contributed by atoms with E-state index in [2.05, 4.69) is 30.1 Å². The maximum absolute atomic E-state index is 13.7. The van der Waals surface area contributed by atoms with Crippen LogP contribution < -0.4 is 5.32 Å². The van der Waals surface area contributed by atoms with Gasteiger partial charge in [-0.15, -0.1) is 0 Å². The van der Waals surface area contributed by atoms with Crippen molar-refractivity contribution in [3.63, 3.8) is 0 Å². The van der Waals surface area contributed by atoms with Gasteiger partial charge < -0.3 is 10.1 Å². The summed E-state index contributed by atoms with van der Waals surface area (Å²) in [6.45, 7) is 2.85. The fraction of sp³-hybridized carbons (Fsp3) is 0.421. The van der Waals surface area contributed by atoms with Crippen LogP contribution in [0, 0.1) is 6.92 Å². The first-order valence-corrected chi connectivity index (χ1v) is 9.05. The normalized spacial score (nSPS) is 13.6. The number of carbonyl (C=O) groups is 1. The van der Waals surface area contributed by atoms with Gasteiger partial charge in [-0.2, -0.15) is 13.9 Å². The largest absolute Gasteiger partial charge is 0.471 e. The van der Waals surface area contributed by atoms with E-state index in [0.29, 0.717) is 29.7 Å². The second kappa shape index (κ2) is 8.06. The Morgan fingerprint density at radius 1 is 1.31 bits per heavy atom. The summed E-state index contributed by atoms with van der Waals surface area (Å²) in [6.07, 6.45) is 3.95. The minimum atomic E-state index is -3.11. The molecule has 0 spiro atoms. The summed E-state index contributed by atoms with van der Waals surface area (Å²) in [5.41, 5.74) is 2.22. The molecule has 29 heavy (non-hydrogen) atoms. The van der Waals surface area contributed by atoms with Crippen molar-refractivity contribution < 1.29 is 18.3 Å². The van der Waals surface area contributed by atoms with Crippen molar-refractivity contribution in [2.75, 3.05) is 19.5 Å². The molecule has 1 fully saturated rings. The number of aryl methyl sites for hydroxylation is 1. The number of alkyl halides is 2. The molecular formula is C19H22F2N6O2. The molecule has 1 aliphatic rings. The van der Waals surface area contributed by atoms with Crippen LogP contribution in [0.4, 0.5) is 14.6 Å². The van der Waals surface area contributed by atoms with E-state index in [9.17, 15) is 8.78 Å². The maximum atomic E-state index is 13.7. The highest BCUT2D eigenvalue weighted by molar-refractivity contribution is 5.85. The van der Waals surface area contributed by atoms with Gasteiger partial charge >= 0.3 is 5.92 Å². The Morgan fingerprint density at radius 3 is 2.55 bits per heavy atom. The van der Waals surface area contributed by atoms with Crippen LogP contribution in [0.2, 0.25) is 0 Å². The first-order valence-electron chi connectivity index (χ1n) is 9.05.